The molecule has 0 unspecified atom stereocenters. The van der Waals surface area contributed by atoms with Gasteiger partial charge in [-0.2, -0.15) is 0 Å². The highest BCUT2D eigenvalue weighted by atomic mass is 19.1. The molecule has 1 saturated heterocycles. The van der Waals surface area contributed by atoms with Crippen molar-refractivity contribution in [2.24, 2.45) is 0 Å². The topological polar surface area (TPSA) is 138 Å². The van der Waals surface area contributed by atoms with Gasteiger partial charge in [0, 0.05) is 42.3 Å². The Morgan fingerprint density at radius 1 is 0.667 bits per heavy atom. The van der Waals surface area contributed by atoms with E-state index < -0.39 is 17.9 Å². The Morgan fingerprint density at radius 3 is 1.68 bits per heavy atom. The summed E-state index contributed by atoms with van der Waals surface area (Å²) < 4.78 is 29.4. The van der Waals surface area contributed by atoms with Gasteiger partial charge < -0.3 is 14.4 Å². The van der Waals surface area contributed by atoms with E-state index in [2.05, 4.69) is 32.8 Å². The summed E-state index contributed by atoms with van der Waals surface area (Å²) in [6.45, 7) is 1.89. The maximum Gasteiger partial charge on any atom is 0.247 e. The third-order valence-corrected chi connectivity index (χ3v) is 11.7. The number of carbonyl (C=O) groups excluding carboxylic acids is 3. The number of nitrogens with zero attached hydrogens (tertiary/aromatic N) is 8. The highest BCUT2D eigenvalue weighted by Gasteiger charge is 2.50. The molecule has 2 atom stereocenters. The van der Waals surface area contributed by atoms with Crippen LogP contribution < -0.4 is 14.4 Å². The molecule has 346 valence electrons. The van der Waals surface area contributed by atoms with E-state index >= 15 is 0 Å². The van der Waals surface area contributed by atoms with Crippen LogP contribution in [0.25, 0.3) is 6.08 Å². The molecule has 0 spiro atoms. The van der Waals surface area contributed by atoms with Gasteiger partial charge in [-0.25, -0.2) is 13.8 Å². The lowest BCUT2D eigenvalue weighted by atomic mass is 9.90. The van der Waals surface area contributed by atoms with E-state index in [9.17, 15) is 18.8 Å². The van der Waals surface area contributed by atoms with Gasteiger partial charge in [-0.05, 0) is 114 Å². The molecule has 0 N–H and O–H groups in total. The molecule has 4 aromatic carbocycles. The Labute approximate surface area is 399 Å². The van der Waals surface area contributed by atoms with Gasteiger partial charge in [0.2, 0.25) is 5.91 Å². The summed E-state index contributed by atoms with van der Waals surface area (Å²) >= 11 is 0. The van der Waals surface area contributed by atoms with Gasteiger partial charge in [-0.1, -0.05) is 102 Å². The number of ether oxygens (including phenoxy) is 2. The summed E-state index contributed by atoms with van der Waals surface area (Å²) in [4.78, 5) is 43.3. The maximum absolute atomic E-state index is 14.3. The predicted octanol–water partition coefficient (Wildman–Crippen LogP) is 8.92. The number of ketones is 2. The summed E-state index contributed by atoms with van der Waals surface area (Å²) in [5.41, 5.74) is 5.99. The number of benzene rings is 4. The molecule has 0 bridgehead atoms. The third kappa shape index (κ3) is 12.0. The third-order valence-electron chi connectivity index (χ3n) is 11.7. The summed E-state index contributed by atoms with van der Waals surface area (Å²) in [5.74, 6) is 0.516. The van der Waals surface area contributed by atoms with Crippen molar-refractivity contribution in [2.75, 3.05) is 18.1 Å². The number of amides is 1. The second kappa shape index (κ2) is 22.0. The van der Waals surface area contributed by atoms with E-state index in [-0.39, 0.29) is 30.6 Å². The average molecular weight is 921 g/mol. The van der Waals surface area contributed by atoms with Crippen LogP contribution in [0.15, 0.2) is 194 Å². The van der Waals surface area contributed by atoms with Gasteiger partial charge >= 0.3 is 0 Å². The number of β-lactam (4-membered cyclic amide) rings is 1. The van der Waals surface area contributed by atoms with Crippen LogP contribution >= 0.6 is 0 Å². The highest BCUT2D eigenvalue weighted by Crippen LogP contribution is 2.34. The number of hydrogen-bond acceptors (Lipinski definition) is 10. The Hall–Kier alpha value is -8.36. The van der Waals surface area contributed by atoms with Crippen molar-refractivity contribution >= 4 is 29.2 Å². The Bertz CT molecular complexity index is 2840. The molecule has 3 aliphatic rings. The minimum atomic E-state index is -0.638. The van der Waals surface area contributed by atoms with Crippen LogP contribution in [-0.4, -0.2) is 77.7 Å². The number of rotatable bonds is 22. The summed E-state index contributed by atoms with van der Waals surface area (Å²) in [7, 11) is 0. The van der Waals surface area contributed by atoms with Crippen molar-refractivity contribution in [3.8, 4) is 11.5 Å². The zero-order valence-electron chi connectivity index (χ0n) is 37.7. The van der Waals surface area contributed by atoms with Crippen LogP contribution in [0.1, 0.15) is 50.5 Å². The minimum Gasteiger partial charge on any atom is -0.492 e. The van der Waals surface area contributed by atoms with E-state index in [0.29, 0.717) is 66.0 Å². The van der Waals surface area contributed by atoms with Gasteiger partial charge in [0.25, 0.3) is 0 Å². The first-order chi connectivity index (χ1) is 33.8. The van der Waals surface area contributed by atoms with E-state index in [4.69, 9.17) is 9.47 Å². The van der Waals surface area contributed by atoms with Crippen LogP contribution in [0.2, 0.25) is 0 Å². The molecule has 9 rings (SSSR count). The molecule has 2 aromatic heterocycles. The second-order valence-electron chi connectivity index (χ2n) is 16.6. The lowest BCUT2D eigenvalue weighted by molar-refractivity contribution is -0.131. The molecule has 69 heavy (non-hydrogen) atoms. The lowest BCUT2D eigenvalue weighted by Crippen LogP contribution is -2.70. The van der Waals surface area contributed by atoms with Gasteiger partial charge in [-0.3, -0.25) is 19.3 Å². The van der Waals surface area contributed by atoms with Gasteiger partial charge in [0.05, 0.1) is 30.5 Å². The fourth-order valence-corrected chi connectivity index (χ4v) is 8.12. The van der Waals surface area contributed by atoms with Crippen LogP contribution in [0.4, 0.5) is 10.1 Å². The largest absolute Gasteiger partial charge is 0.492 e. The van der Waals surface area contributed by atoms with Crippen molar-refractivity contribution in [1.82, 2.24) is 34.9 Å². The highest BCUT2D eigenvalue weighted by molar-refractivity contribution is 6.07. The first kappa shape index (κ1) is 45.8. The van der Waals surface area contributed by atoms with Crippen LogP contribution in [0.5, 0.6) is 11.5 Å². The number of anilines is 1. The molecule has 1 amide bonds. The molecule has 2 aliphatic carbocycles. The van der Waals surface area contributed by atoms with Crippen LogP contribution in [-0.2, 0) is 31.0 Å². The zero-order chi connectivity index (χ0) is 47.4. The lowest BCUT2D eigenvalue weighted by Gasteiger charge is -2.50. The number of carbonyl (C=O) groups is 3. The normalized spacial score (nSPS) is 16.6. The zero-order valence-corrected chi connectivity index (χ0v) is 37.7. The Kier molecular flexibility index (Phi) is 14.6. The molecule has 6 aromatic rings. The van der Waals surface area contributed by atoms with Crippen molar-refractivity contribution in [3.63, 3.8) is 0 Å². The number of allylic oxidation sites excluding steroid dienone is 12. The first-order valence-electron chi connectivity index (χ1n) is 22.8. The first-order valence-corrected chi connectivity index (χ1v) is 22.8. The summed E-state index contributed by atoms with van der Waals surface area (Å²) in [6.07, 6.45) is 28.4. The van der Waals surface area contributed by atoms with Crippen LogP contribution in [0.3, 0.4) is 0 Å². The second-order valence-corrected chi connectivity index (χ2v) is 16.6. The summed E-state index contributed by atoms with van der Waals surface area (Å²) in [5, 5.41) is 17.7. The molecule has 1 aliphatic heterocycles. The SMILES string of the molecule is O=C(/C=C/C1=CCC=C1)c1ccc(OCCn2cc(CN(Cc3cn(CCOc4ccc(C(=O)/C=C/C5=CCC=C5)cc4)nn3)[C@@H]3C(=O)N(c4ccc(F)cc4)[C@@H]3/C=C/c3ccccc3)nn2)cc1. The number of hydrogen-bond donors (Lipinski definition) is 0. The van der Waals surface area contributed by atoms with Crippen molar-refractivity contribution in [2.45, 2.75) is 51.1 Å². The standard InChI is InChI=1S/C55H49FN8O5/c56-45-21-23-48(24-22-45)64-51(29-14-40-8-2-1-3-9-40)54(55(64)67)61(36-46-38-62(59-57-46)32-34-68-49-25-17-43(18-26-49)52(65)30-15-41-10-4-5-11-41)37-47-39-63(60-58-47)33-35-69-50-27-19-44(20-28-50)53(66)31-16-42-12-6-7-13-42/h1-4,6,8-31,38-39,51,54H,5,7,32-37H2/b29-14+,30-15+,31-16+/t51-,54+/m1/s1. The molecule has 14 heteroatoms. The molecular weight excluding hydrogens is 872 g/mol. The minimum absolute atomic E-state index is 0.0830. The van der Waals surface area contributed by atoms with E-state index in [1.165, 1.54) is 12.1 Å². The fourth-order valence-electron chi connectivity index (χ4n) is 8.12. The average Bonchev–Trinajstić information content (AvgIpc) is 4.24. The van der Waals surface area contributed by atoms with Crippen LogP contribution in [0, 0.1) is 5.82 Å². The van der Waals surface area contributed by atoms with E-state index in [1.54, 1.807) is 87.1 Å². The molecule has 3 heterocycles. The Morgan fingerprint density at radius 2 is 1.19 bits per heavy atom. The smallest absolute Gasteiger partial charge is 0.247 e. The van der Waals surface area contributed by atoms with E-state index in [1.807, 2.05) is 96.2 Å². The monoisotopic (exact) mass is 920 g/mol. The number of halogens is 1. The van der Waals surface area contributed by atoms with Crippen molar-refractivity contribution < 1.29 is 28.2 Å². The molecule has 0 saturated carbocycles. The fraction of sp³-hybridized carbons (Fsp3) is 0.182. The van der Waals surface area contributed by atoms with Gasteiger partial charge in [0.15, 0.2) is 11.6 Å². The molecule has 0 radical (unpaired) electrons. The van der Waals surface area contributed by atoms with Gasteiger partial charge in [0.1, 0.15) is 36.6 Å². The molecule has 13 nitrogen and oxygen atoms in total. The molecule has 1 fully saturated rings. The predicted molar refractivity (Wildman–Crippen MR) is 261 cm³/mol. The summed E-state index contributed by atoms with van der Waals surface area (Å²) in [6, 6.07) is 28.7. The van der Waals surface area contributed by atoms with Crippen molar-refractivity contribution in [1.29, 1.82) is 0 Å². The van der Waals surface area contributed by atoms with Gasteiger partial charge in [-0.15, -0.1) is 10.2 Å². The number of aromatic nitrogens is 6. The quantitative estimate of drug-likeness (QED) is 0.0369. The Balaban J connectivity index is 0.862. The maximum atomic E-state index is 14.3. The molecular formula is C55H49FN8O5. The van der Waals surface area contributed by atoms with Crippen molar-refractivity contribution in [3.05, 3.63) is 227 Å². The van der Waals surface area contributed by atoms with E-state index in [0.717, 1.165) is 29.6 Å².